The number of benzene rings is 1. The SMILES string of the molecule is CCOC(=O)[C@H]1CCCN(CN2C(=O)C(=O)c3cc(C)ccc32)C1. The van der Waals surface area contributed by atoms with Gasteiger partial charge < -0.3 is 4.74 Å². The van der Waals surface area contributed by atoms with Crippen molar-refractivity contribution in [3.05, 3.63) is 29.3 Å². The first kappa shape index (κ1) is 16.6. The Morgan fingerprint density at radius 3 is 2.88 bits per heavy atom. The van der Waals surface area contributed by atoms with Gasteiger partial charge in [-0.2, -0.15) is 0 Å². The molecule has 0 aliphatic carbocycles. The minimum absolute atomic E-state index is 0.162. The molecule has 128 valence electrons. The predicted octanol–water partition coefficient (Wildman–Crippen LogP) is 1.76. The summed E-state index contributed by atoms with van der Waals surface area (Å²) < 4.78 is 5.11. The molecule has 0 unspecified atom stereocenters. The van der Waals surface area contributed by atoms with Crippen molar-refractivity contribution >= 4 is 23.3 Å². The fraction of sp³-hybridized carbons (Fsp3) is 0.500. The number of aryl methyl sites for hydroxylation is 1. The molecule has 3 rings (SSSR count). The minimum Gasteiger partial charge on any atom is -0.466 e. The van der Waals surface area contributed by atoms with Gasteiger partial charge in [-0.05, 0) is 45.4 Å². The van der Waals surface area contributed by atoms with Crippen LogP contribution in [0.4, 0.5) is 5.69 Å². The van der Waals surface area contributed by atoms with Crippen molar-refractivity contribution in [2.75, 3.05) is 31.3 Å². The zero-order chi connectivity index (χ0) is 17.3. The molecule has 0 radical (unpaired) electrons. The summed E-state index contributed by atoms with van der Waals surface area (Å²) in [5.74, 6) is -1.28. The number of rotatable bonds is 4. The van der Waals surface area contributed by atoms with E-state index in [1.807, 2.05) is 24.0 Å². The number of ether oxygens (including phenoxy) is 1. The number of amides is 1. The number of esters is 1. The highest BCUT2D eigenvalue weighted by Crippen LogP contribution is 2.30. The van der Waals surface area contributed by atoms with Crippen molar-refractivity contribution in [2.24, 2.45) is 5.92 Å². The molecule has 6 nitrogen and oxygen atoms in total. The van der Waals surface area contributed by atoms with Crippen molar-refractivity contribution in [1.82, 2.24) is 4.90 Å². The summed E-state index contributed by atoms with van der Waals surface area (Å²) in [5.41, 5.74) is 2.09. The molecule has 1 atom stereocenters. The molecular formula is C18H22N2O4. The normalized spacial score (nSPS) is 21.1. The molecule has 1 aromatic rings. The first-order valence-electron chi connectivity index (χ1n) is 8.37. The molecule has 0 aromatic heterocycles. The van der Waals surface area contributed by atoms with Gasteiger partial charge in [0.25, 0.3) is 5.78 Å². The van der Waals surface area contributed by atoms with Gasteiger partial charge in [0.2, 0.25) is 0 Å². The monoisotopic (exact) mass is 330 g/mol. The fourth-order valence-electron chi connectivity index (χ4n) is 3.39. The molecule has 0 N–H and O–H groups in total. The summed E-state index contributed by atoms with van der Waals surface area (Å²) in [5, 5.41) is 0. The van der Waals surface area contributed by atoms with Crippen molar-refractivity contribution in [3.8, 4) is 0 Å². The lowest BCUT2D eigenvalue weighted by Crippen LogP contribution is -2.46. The maximum Gasteiger partial charge on any atom is 0.310 e. The van der Waals surface area contributed by atoms with Crippen LogP contribution in [0.25, 0.3) is 0 Å². The zero-order valence-corrected chi connectivity index (χ0v) is 14.1. The topological polar surface area (TPSA) is 66.9 Å². The van der Waals surface area contributed by atoms with Gasteiger partial charge in [0.1, 0.15) is 0 Å². The number of carbonyl (C=O) groups is 3. The van der Waals surface area contributed by atoms with Crippen LogP contribution < -0.4 is 4.90 Å². The summed E-state index contributed by atoms with van der Waals surface area (Å²) in [4.78, 5) is 40.0. The smallest absolute Gasteiger partial charge is 0.310 e. The molecule has 2 aliphatic heterocycles. The first-order chi connectivity index (χ1) is 11.5. The number of hydrogen-bond acceptors (Lipinski definition) is 5. The van der Waals surface area contributed by atoms with E-state index in [0.29, 0.717) is 31.1 Å². The van der Waals surface area contributed by atoms with Crippen LogP contribution in [0.15, 0.2) is 18.2 Å². The third-order valence-electron chi connectivity index (χ3n) is 4.59. The highest BCUT2D eigenvalue weighted by molar-refractivity contribution is 6.52. The molecule has 0 bridgehead atoms. The second kappa shape index (κ2) is 6.73. The van der Waals surface area contributed by atoms with E-state index in [4.69, 9.17) is 4.74 Å². The molecule has 0 spiro atoms. The van der Waals surface area contributed by atoms with Gasteiger partial charge in [0.05, 0.1) is 30.4 Å². The molecular weight excluding hydrogens is 308 g/mol. The Labute approximate surface area is 141 Å². The summed E-state index contributed by atoms with van der Waals surface area (Å²) in [6.45, 7) is 5.76. The van der Waals surface area contributed by atoms with E-state index in [9.17, 15) is 14.4 Å². The van der Waals surface area contributed by atoms with Crippen LogP contribution in [0.3, 0.4) is 0 Å². The summed E-state index contributed by atoms with van der Waals surface area (Å²) in [7, 11) is 0. The predicted molar refractivity (Wildman–Crippen MR) is 88.8 cm³/mol. The molecule has 1 amide bonds. The van der Waals surface area contributed by atoms with Gasteiger partial charge in [-0.3, -0.25) is 24.2 Å². The summed E-state index contributed by atoms with van der Waals surface area (Å²) in [6.07, 6.45) is 1.68. The van der Waals surface area contributed by atoms with Crippen molar-refractivity contribution in [3.63, 3.8) is 0 Å². The van der Waals surface area contributed by atoms with Crippen LogP contribution in [0, 0.1) is 12.8 Å². The molecule has 2 heterocycles. The number of anilines is 1. The van der Waals surface area contributed by atoms with E-state index < -0.39 is 11.7 Å². The van der Waals surface area contributed by atoms with Crippen molar-refractivity contribution in [1.29, 1.82) is 0 Å². The van der Waals surface area contributed by atoms with Crippen LogP contribution in [0.1, 0.15) is 35.7 Å². The minimum atomic E-state index is -0.492. The number of carbonyl (C=O) groups excluding carboxylic acids is 3. The van der Waals surface area contributed by atoms with Gasteiger partial charge in [0, 0.05) is 6.54 Å². The standard InChI is InChI=1S/C18H22N2O4/c1-3-24-18(23)13-5-4-8-19(10-13)11-20-15-7-6-12(2)9-14(15)16(21)17(20)22/h6-7,9,13H,3-5,8,10-11H2,1-2H3/t13-/m0/s1. The van der Waals surface area contributed by atoms with Gasteiger partial charge >= 0.3 is 11.9 Å². The quantitative estimate of drug-likeness (QED) is 0.622. The van der Waals surface area contributed by atoms with E-state index >= 15 is 0 Å². The van der Waals surface area contributed by atoms with Gasteiger partial charge in [-0.15, -0.1) is 0 Å². The van der Waals surface area contributed by atoms with Crippen molar-refractivity contribution in [2.45, 2.75) is 26.7 Å². The van der Waals surface area contributed by atoms with Crippen LogP contribution in [0.2, 0.25) is 0 Å². The number of ketones is 1. The molecule has 0 saturated carbocycles. The second-order valence-electron chi connectivity index (χ2n) is 6.39. The Hall–Kier alpha value is -2.21. The summed E-state index contributed by atoms with van der Waals surface area (Å²) in [6, 6.07) is 5.47. The number of hydrogen-bond donors (Lipinski definition) is 0. The Morgan fingerprint density at radius 1 is 1.33 bits per heavy atom. The van der Waals surface area contributed by atoms with Gasteiger partial charge in [-0.25, -0.2) is 0 Å². The average Bonchev–Trinajstić information content (AvgIpc) is 2.80. The number of Topliss-reactive ketones (excluding diaryl/α,β-unsaturated/α-hetero) is 1. The molecule has 2 aliphatic rings. The van der Waals surface area contributed by atoms with Crippen LogP contribution in [0.5, 0.6) is 0 Å². The number of nitrogens with zero attached hydrogens (tertiary/aromatic N) is 2. The molecule has 1 saturated heterocycles. The first-order valence-corrected chi connectivity index (χ1v) is 8.37. The maximum absolute atomic E-state index is 12.3. The fourth-order valence-corrected chi connectivity index (χ4v) is 3.39. The molecule has 1 aromatic carbocycles. The number of likely N-dealkylation sites (tertiary alicyclic amines) is 1. The Balaban J connectivity index is 1.73. The van der Waals surface area contributed by atoms with Crippen LogP contribution >= 0.6 is 0 Å². The van der Waals surface area contributed by atoms with Crippen LogP contribution in [-0.2, 0) is 14.3 Å². The third kappa shape index (κ3) is 3.06. The molecule has 24 heavy (non-hydrogen) atoms. The number of fused-ring (bicyclic) bond motifs is 1. The van der Waals surface area contributed by atoms with E-state index in [1.165, 1.54) is 4.90 Å². The molecule has 6 heteroatoms. The Morgan fingerprint density at radius 2 is 2.12 bits per heavy atom. The highest BCUT2D eigenvalue weighted by Gasteiger charge is 2.37. The largest absolute Gasteiger partial charge is 0.466 e. The Bertz CT molecular complexity index is 686. The van der Waals surface area contributed by atoms with Crippen molar-refractivity contribution < 1.29 is 19.1 Å². The lowest BCUT2D eigenvalue weighted by Gasteiger charge is -2.34. The van der Waals surface area contributed by atoms with E-state index in [1.54, 1.807) is 13.0 Å². The maximum atomic E-state index is 12.3. The molecule has 1 fully saturated rings. The number of piperidine rings is 1. The van der Waals surface area contributed by atoms with E-state index in [2.05, 4.69) is 0 Å². The highest BCUT2D eigenvalue weighted by atomic mass is 16.5. The Kier molecular flexibility index (Phi) is 4.66. The second-order valence-corrected chi connectivity index (χ2v) is 6.39. The summed E-state index contributed by atoms with van der Waals surface area (Å²) >= 11 is 0. The zero-order valence-electron chi connectivity index (χ0n) is 14.1. The average molecular weight is 330 g/mol. The van der Waals surface area contributed by atoms with Gasteiger partial charge in [-0.1, -0.05) is 11.6 Å². The van der Waals surface area contributed by atoms with E-state index in [0.717, 1.165) is 24.9 Å². The van der Waals surface area contributed by atoms with Crippen LogP contribution in [-0.4, -0.2) is 48.9 Å². The van der Waals surface area contributed by atoms with Gasteiger partial charge in [0.15, 0.2) is 0 Å². The third-order valence-corrected chi connectivity index (χ3v) is 4.59. The van der Waals surface area contributed by atoms with E-state index in [-0.39, 0.29) is 11.9 Å². The lowest BCUT2D eigenvalue weighted by molar-refractivity contribution is -0.149. The lowest BCUT2D eigenvalue weighted by atomic mass is 9.98.